The zero-order valence-corrected chi connectivity index (χ0v) is 49.1. The average molecular weight is 1070 g/mol. The number of nitrogens with zero attached hydrogens (tertiary/aromatic N) is 2. The Morgan fingerprint density at radius 3 is 1.03 bits per heavy atom. The number of thiophene rings is 2. The molecule has 0 radical (unpaired) electrons. The molecule has 0 bridgehead atoms. The first-order chi connectivity index (χ1) is 37.5. The summed E-state index contributed by atoms with van der Waals surface area (Å²) in [6.45, 7) is 10.5. The normalized spacial score (nSPS) is 12.9. The molecule has 412 valence electrons. The van der Waals surface area contributed by atoms with Gasteiger partial charge in [0.1, 0.15) is 11.5 Å². The van der Waals surface area contributed by atoms with E-state index in [-0.39, 0.29) is 11.1 Å². The van der Waals surface area contributed by atoms with E-state index >= 15 is 9.59 Å². The van der Waals surface area contributed by atoms with Crippen LogP contribution < -0.4 is 20.6 Å². The first kappa shape index (κ1) is 57.8. The van der Waals surface area contributed by atoms with Gasteiger partial charge in [-0.25, -0.2) is 0 Å². The second-order valence-electron chi connectivity index (χ2n) is 22.8. The third kappa shape index (κ3) is 14.6. The van der Waals surface area contributed by atoms with Gasteiger partial charge in [-0.05, 0) is 96.8 Å². The van der Waals surface area contributed by atoms with E-state index in [9.17, 15) is 0 Å². The summed E-state index contributed by atoms with van der Waals surface area (Å²) in [5.74, 6) is 2.59. The first-order valence-electron chi connectivity index (χ1n) is 31.0. The smallest absolute Gasteiger partial charge is 0.265 e. The number of aromatic nitrogens is 2. The fraction of sp³-hybridized carbons (Fsp3) is 0.588. The van der Waals surface area contributed by atoms with Crippen molar-refractivity contribution >= 4 is 66.3 Å². The number of pyridine rings is 2. The van der Waals surface area contributed by atoms with E-state index in [2.05, 4.69) is 76.2 Å². The lowest BCUT2D eigenvalue weighted by atomic mass is 9.94. The quantitative estimate of drug-likeness (QED) is 0.0359. The molecule has 0 aliphatic heterocycles. The molecule has 8 rings (SSSR count). The first-order valence-corrected chi connectivity index (χ1v) is 32.8. The molecular formula is C68H94N2O4S2. The van der Waals surface area contributed by atoms with Gasteiger partial charge in [0.15, 0.2) is 0 Å². The molecular weight excluding hydrogens is 973 g/mol. The summed E-state index contributed by atoms with van der Waals surface area (Å²) in [6, 6.07) is 20.7. The van der Waals surface area contributed by atoms with Crippen LogP contribution in [0.2, 0.25) is 0 Å². The van der Waals surface area contributed by atoms with E-state index in [1.807, 2.05) is 31.7 Å². The van der Waals surface area contributed by atoms with Crippen molar-refractivity contribution < 1.29 is 9.47 Å². The van der Waals surface area contributed by atoms with Crippen LogP contribution in [0.3, 0.4) is 0 Å². The molecule has 0 N–H and O–H groups in total. The molecule has 2 atom stereocenters. The van der Waals surface area contributed by atoms with Gasteiger partial charge in [-0.1, -0.05) is 220 Å². The number of hydrogen-bond acceptors (Lipinski definition) is 6. The van der Waals surface area contributed by atoms with Gasteiger partial charge in [-0.15, -0.1) is 22.7 Å². The standard InChI is InChI=1S/C68H94N2O4S2/c1-5-9-13-17-21-23-27-31-37-51(35-29-25-19-15-11-7-3)49-73-53-41-43-57-55(47-53)61-63(59-39-33-45-75-59)67(71)70-58-44-42-54(48-56(58)62-64(60-40-34-46-76-60)68(72)69(57)65(61)66(62)70)74-50-52(36-30-26-20-16-12-8-4)38-32-28-24-22-18-14-10-6-2/h33-34,39-48,51-52H,5-32,35-38,49-50H2,1-4H3. The van der Waals surface area contributed by atoms with Crippen LogP contribution in [0.5, 0.6) is 11.5 Å². The Morgan fingerprint density at radius 1 is 0.408 bits per heavy atom. The highest BCUT2D eigenvalue weighted by molar-refractivity contribution is 7.14. The molecule has 76 heavy (non-hydrogen) atoms. The maximum atomic E-state index is 15.6. The monoisotopic (exact) mass is 1070 g/mol. The van der Waals surface area contributed by atoms with Crippen molar-refractivity contribution in [1.29, 1.82) is 0 Å². The van der Waals surface area contributed by atoms with Crippen molar-refractivity contribution in [2.24, 2.45) is 11.8 Å². The maximum absolute atomic E-state index is 15.6. The molecule has 8 aromatic rings. The summed E-state index contributed by atoms with van der Waals surface area (Å²) in [5.41, 5.74) is 4.38. The Balaban J connectivity index is 1.13. The Kier molecular flexibility index (Phi) is 23.3. The fourth-order valence-corrected chi connectivity index (χ4v) is 14.0. The van der Waals surface area contributed by atoms with E-state index in [1.165, 1.54) is 205 Å². The van der Waals surface area contributed by atoms with Crippen LogP contribution in [0.4, 0.5) is 0 Å². The molecule has 0 amide bonds. The van der Waals surface area contributed by atoms with E-state index in [1.54, 1.807) is 22.7 Å². The van der Waals surface area contributed by atoms with Gasteiger partial charge in [0.05, 0.1) is 46.4 Å². The topological polar surface area (TPSA) is 61.4 Å². The number of unbranched alkanes of at least 4 members (excludes halogenated alkanes) is 24. The number of fused-ring (bicyclic) bond motifs is 6. The molecule has 0 spiro atoms. The highest BCUT2D eigenvalue weighted by Crippen LogP contribution is 2.46. The summed E-state index contributed by atoms with van der Waals surface area (Å²) in [6.07, 6.45) is 41.6. The van der Waals surface area contributed by atoms with Crippen LogP contribution in [0.25, 0.3) is 64.5 Å². The molecule has 6 aromatic heterocycles. The van der Waals surface area contributed by atoms with Gasteiger partial charge < -0.3 is 9.47 Å². The zero-order valence-electron chi connectivity index (χ0n) is 47.5. The van der Waals surface area contributed by atoms with E-state index < -0.39 is 0 Å². The van der Waals surface area contributed by atoms with Gasteiger partial charge in [0.2, 0.25) is 0 Å². The Bertz CT molecular complexity index is 2820. The van der Waals surface area contributed by atoms with Crippen LogP contribution in [0, 0.1) is 11.8 Å². The van der Waals surface area contributed by atoms with Crippen molar-refractivity contribution in [2.75, 3.05) is 13.2 Å². The number of rotatable bonds is 40. The predicted molar refractivity (Wildman–Crippen MR) is 331 cm³/mol. The third-order valence-electron chi connectivity index (χ3n) is 16.8. The lowest BCUT2D eigenvalue weighted by Gasteiger charge is -2.18. The van der Waals surface area contributed by atoms with Gasteiger partial charge in [-0.2, -0.15) is 0 Å². The zero-order chi connectivity index (χ0) is 52.9. The van der Waals surface area contributed by atoms with Crippen LogP contribution in [0.15, 0.2) is 81.0 Å². The molecule has 8 heteroatoms. The van der Waals surface area contributed by atoms with Crippen molar-refractivity contribution in [3.05, 3.63) is 92.1 Å². The molecule has 6 nitrogen and oxygen atoms in total. The van der Waals surface area contributed by atoms with E-state index in [0.717, 1.165) is 64.9 Å². The fourth-order valence-electron chi connectivity index (χ4n) is 12.4. The summed E-state index contributed by atoms with van der Waals surface area (Å²) < 4.78 is 17.5. The third-order valence-corrected chi connectivity index (χ3v) is 18.6. The highest BCUT2D eigenvalue weighted by atomic mass is 32.1. The average Bonchev–Trinajstić information content (AvgIpc) is 4.30. The molecule has 0 saturated carbocycles. The largest absolute Gasteiger partial charge is 0.493 e. The SMILES string of the molecule is CCCCCCCCCCC(CCCCCCCC)COc1ccc2c(c1)c1c(-c3cccs3)c(=O)n3c4ccc(OCC(CCCCCCCC)CCCCCCCCCC)cc4c4c(-c5cccs5)c(=O)n2c1c43. The summed E-state index contributed by atoms with van der Waals surface area (Å²) in [4.78, 5) is 33.0. The van der Waals surface area contributed by atoms with Crippen LogP contribution >= 0.6 is 22.7 Å². The summed E-state index contributed by atoms with van der Waals surface area (Å²) in [5, 5.41) is 7.54. The number of ether oxygens (including phenoxy) is 2. The minimum atomic E-state index is -0.0613. The molecule has 2 unspecified atom stereocenters. The van der Waals surface area contributed by atoms with Crippen LogP contribution in [-0.4, -0.2) is 22.0 Å². The second kappa shape index (κ2) is 30.7. The van der Waals surface area contributed by atoms with Crippen molar-refractivity contribution in [3.63, 3.8) is 0 Å². The Labute approximate surface area is 464 Å². The lowest BCUT2D eigenvalue weighted by Crippen LogP contribution is -2.19. The maximum Gasteiger partial charge on any atom is 0.265 e. The van der Waals surface area contributed by atoms with E-state index in [0.29, 0.717) is 36.2 Å². The van der Waals surface area contributed by atoms with Crippen molar-refractivity contribution in [3.8, 4) is 32.4 Å². The minimum absolute atomic E-state index is 0.0613. The summed E-state index contributed by atoms with van der Waals surface area (Å²) >= 11 is 3.16. The Morgan fingerprint density at radius 2 is 0.724 bits per heavy atom. The number of benzene rings is 2. The molecule has 0 fully saturated rings. The van der Waals surface area contributed by atoms with Gasteiger partial charge in [-0.3, -0.25) is 18.4 Å². The molecule has 0 aliphatic carbocycles. The predicted octanol–water partition coefficient (Wildman–Crippen LogP) is 21.3. The van der Waals surface area contributed by atoms with Crippen LogP contribution in [-0.2, 0) is 0 Å². The van der Waals surface area contributed by atoms with Crippen LogP contribution in [0.1, 0.15) is 233 Å². The lowest BCUT2D eigenvalue weighted by molar-refractivity contribution is 0.224. The van der Waals surface area contributed by atoms with Gasteiger partial charge in [0.25, 0.3) is 11.1 Å². The second-order valence-corrected chi connectivity index (χ2v) is 24.7. The summed E-state index contributed by atoms with van der Waals surface area (Å²) in [7, 11) is 0. The Hall–Kier alpha value is -4.40. The molecule has 6 heterocycles. The van der Waals surface area contributed by atoms with E-state index in [4.69, 9.17) is 9.47 Å². The van der Waals surface area contributed by atoms with Gasteiger partial charge >= 0.3 is 0 Å². The molecule has 2 aromatic carbocycles. The van der Waals surface area contributed by atoms with Gasteiger partial charge in [0, 0.05) is 31.3 Å². The number of hydrogen-bond donors (Lipinski definition) is 0. The highest BCUT2D eigenvalue weighted by Gasteiger charge is 2.31. The molecule has 0 aliphatic rings. The van der Waals surface area contributed by atoms with Crippen molar-refractivity contribution in [1.82, 2.24) is 8.80 Å². The molecule has 0 saturated heterocycles. The minimum Gasteiger partial charge on any atom is -0.493 e. The van der Waals surface area contributed by atoms with Crippen molar-refractivity contribution in [2.45, 2.75) is 233 Å².